The summed E-state index contributed by atoms with van der Waals surface area (Å²) in [5.41, 5.74) is 3.45. The first kappa shape index (κ1) is 18.5. The first-order valence-electron chi connectivity index (χ1n) is 10.0. The van der Waals surface area contributed by atoms with Gasteiger partial charge in [0.05, 0.1) is 6.10 Å². The SMILES string of the molecule is Cc1ccccc1-c1ncc(CN2CCC[C@]3(CN(C)CC[C@@H]3O)C2)cn1. The van der Waals surface area contributed by atoms with Crippen molar-refractivity contribution >= 4 is 0 Å². The molecule has 0 radical (unpaired) electrons. The van der Waals surface area contributed by atoms with E-state index in [-0.39, 0.29) is 11.5 Å². The van der Waals surface area contributed by atoms with Crippen molar-refractivity contribution in [1.29, 1.82) is 0 Å². The van der Waals surface area contributed by atoms with Crippen molar-refractivity contribution in [2.45, 2.75) is 38.8 Å². The minimum Gasteiger partial charge on any atom is -0.392 e. The summed E-state index contributed by atoms with van der Waals surface area (Å²) in [6, 6.07) is 8.22. The van der Waals surface area contributed by atoms with Crippen LogP contribution in [0.1, 0.15) is 30.4 Å². The Balaban J connectivity index is 1.45. The lowest BCUT2D eigenvalue weighted by Gasteiger charge is -2.50. The Morgan fingerprint density at radius 3 is 2.70 bits per heavy atom. The van der Waals surface area contributed by atoms with Crippen molar-refractivity contribution in [3.05, 3.63) is 47.8 Å². The van der Waals surface area contributed by atoms with Crippen molar-refractivity contribution in [3.8, 4) is 11.4 Å². The number of aliphatic hydroxyl groups is 1. The highest BCUT2D eigenvalue weighted by Gasteiger charge is 2.44. The maximum atomic E-state index is 10.7. The molecule has 1 aromatic heterocycles. The third kappa shape index (κ3) is 3.91. The summed E-state index contributed by atoms with van der Waals surface area (Å²) in [5.74, 6) is 0.788. The molecule has 0 aliphatic carbocycles. The molecule has 2 aliphatic rings. The highest BCUT2D eigenvalue weighted by Crippen LogP contribution is 2.38. The number of hydrogen-bond donors (Lipinski definition) is 1. The van der Waals surface area contributed by atoms with E-state index >= 15 is 0 Å². The number of rotatable bonds is 3. The van der Waals surface area contributed by atoms with Crippen molar-refractivity contribution in [2.75, 3.05) is 33.2 Å². The van der Waals surface area contributed by atoms with Crippen LogP contribution in [0.3, 0.4) is 0 Å². The third-order valence-corrected chi connectivity index (χ3v) is 6.26. The minimum absolute atomic E-state index is 0.0210. The van der Waals surface area contributed by atoms with Gasteiger partial charge in [0, 0.05) is 55.1 Å². The van der Waals surface area contributed by atoms with E-state index in [0.717, 1.165) is 68.9 Å². The number of hydrogen-bond acceptors (Lipinski definition) is 5. The molecule has 0 saturated carbocycles. The average Bonchev–Trinajstić information content (AvgIpc) is 2.67. The fraction of sp³-hybridized carbons (Fsp3) is 0.545. The molecule has 5 heteroatoms. The van der Waals surface area contributed by atoms with Crippen LogP contribution in [-0.4, -0.2) is 64.2 Å². The summed E-state index contributed by atoms with van der Waals surface area (Å²) in [4.78, 5) is 14.1. The molecule has 2 aliphatic heterocycles. The predicted octanol–water partition coefficient (Wildman–Crippen LogP) is 2.73. The topological polar surface area (TPSA) is 52.5 Å². The molecule has 4 rings (SSSR count). The second-order valence-electron chi connectivity index (χ2n) is 8.45. The monoisotopic (exact) mass is 366 g/mol. The standard InChI is InChI=1S/C22H30N4O/c1-17-6-3-4-7-19(17)21-23-12-18(13-24-21)14-26-10-5-9-22(16-26)15-25(2)11-8-20(22)27/h3-4,6-7,12-13,20,27H,5,8-11,14-16H2,1-2H3/t20-,22-/m0/s1. The Labute approximate surface area is 162 Å². The molecule has 3 heterocycles. The Morgan fingerprint density at radius 1 is 1.15 bits per heavy atom. The number of benzene rings is 1. The lowest BCUT2D eigenvalue weighted by atomic mass is 9.71. The van der Waals surface area contributed by atoms with Crippen molar-refractivity contribution in [3.63, 3.8) is 0 Å². The molecule has 0 unspecified atom stereocenters. The van der Waals surface area contributed by atoms with Gasteiger partial charge in [-0.15, -0.1) is 0 Å². The first-order valence-corrected chi connectivity index (χ1v) is 10.0. The fourth-order valence-electron chi connectivity index (χ4n) is 4.82. The van der Waals surface area contributed by atoms with Gasteiger partial charge >= 0.3 is 0 Å². The van der Waals surface area contributed by atoms with Gasteiger partial charge in [-0.1, -0.05) is 24.3 Å². The van der Waals surface area contributed by atoms with Gasteiger partial charge in [-0.2, -0.15) is 0 Å². The second kappa shape index (κ2) is 7.66. The lowest BCUT2D eigenvalue weighted by molar-refractivity contribution is -0.0808. The van der Waals surface area contributed by atoms with E-state index in [0.29, 0.717) is 0 Å². The zero-order valence-corrected chi connectivity index (χ0v) is 16.4. The van der Waals surface area contributed by atoms with Gasteiger partial charge in [0.15, 0.2) is 5.82 Å². The van der Waals surface area contributed by atoms with Gasteiger partial charge in [-0.25, -0.2) is 9.97 Å². The minimum atomic E-state index is -0.184. The summed E-state index contributed by atoms with van der Waals surface area (Å²) in [5, 5.41) is 10.7. The average molecular weight is 367 g/mol. The number of likely N-dealkylation sites (tertiary alicyclic amines) is 2. The Bertz CT molecular complexity index is 778. The fourth-order valence-corrected chi connectivity index (χ4v) is 4.82. The lowest BCUT2D eigenvalue weighted by Crippen LogP contribution is -2.58. The molecular weight excluding hydrogens is 336 g/mol. The molecule has 2 saturated heterocycles. The number of aryl methyl sites for hydroxylation is 1. The third-order valence-electron chi connectivity index (χ3n) is 6.26. The van der Waals surface area contributed by atoms with E-state index in [1.165, 1.54) is 5.56 Å². The number of aromatic nitrogens is 2. The van der Waals surface area contributed by atoms with E-state index < -0.39 is 0 Å². The highest BCUT2D eigenvalue weighted by atomic mass is 16.3. The van der Waals surface area contributed by atoms with Crippen LogP contribution in [0.25, 0.3) is 11.4 Å². The maximum Gasteiger partial charge on any atom is 0.159 e. The summed E-state index contributed by atoms with van der Waals surface area (Å²) >= 11 is 0. The van der Waals surface area contributed by atoms with Crippen molar-refractivity contribution < 1.29 is 5.11 Å². The summed E-state index contributed by atoms with van der Waals surface area (Å²) in [6.07, 6.45) is 6.89. The molecule has 1 aromatic carbocycles. The molecule has 2 aromatic rings. The first-order chi connectivity index (χ1) is 13.1. The van der Waals surface area contributed by atoms with E-state index in [2.05, 4.69) is 45.9 Å². The van der Waals surface area contributed by atoms with Crippen LogP contribution in [-0.2, 0) is 6.54 Å². The van der Waals surface area contributed by atoms with Gasteiger partial charge in [-0.05, 0) is 45.3 Å². The van der Waals surface area contributed by atoms with E-state index in [9.17, 15) is 5.11 Å². The molecule has 5 nitrogen and oxygen atoms in total. The van der Waals surface area contributed by atoms with Crippen molar-refractivity contribution in [2.24, 2.45) is 5.41 Å². The van der Waals surface area contributed by atoms with Crippen LogP contribution in [0.2, 0.25) is 0 Å². The maximum absolute atomic E-state index is 10.7. The molecular formula is C22H30N4O. The Morgan fingerprint density at radius 2 is 1.93 bits per heavy atom. The normalized spacial score (nSPS) is 27.1. The molecule has 0 amide bonds. The van der Waals surface area contributed by atoms with E-state index in [1.54, 1.807) is 0 Å². The smallest absolute Gasteiger partial charge is 0.159 e. The predicted molar refractivity (Wildman–Crippen MR) is 107 cm³/mol. The molecule has 1 N–H and O–H groups in total. The van der Waals surface area contributed by atoms with Crippen LogP contribution in [0, 0.1) is 12.3 Å². The molecule has 27 heavy (non-hydrogen) atoms. The molecule has 2 fully saturated rings. The van der Waals surface area contributed by atoms with Crippen LogP contribution in [0.5, 0.6) is 0 Å². The Kier molecular flexibility index (Phi) is 5.26. The van der Waals surface area contributed by atoms with Gasteiger partial charge in [0.2, 0.25) is 0 Å². The van der Waals surface area contributed by atoms with Crippen LogP contribution in [0.15, 0.2) is 36.7 Å². The van der Waals surface area contributed by atoms with Gasteiger partial charge in [0.1, 0.15) is 0 Å². The van der Waals surface area contributed by atoms with Crippen LogP contribution < -0.4 is 0 Å². The zero-order chi connectivity index (χ0) is 18.9. The number of aliphatic hydroxyl groups excluding tert-OH is 1. The summed E-state index contributed by atoms with van der Waals surface area (Å²) < 4.78 is 0. The van der Waals surface area contributed by atoms with E-state index in [1.807, 2.05) is 24.5 Å². The summed E-state index contributed by atoms with van der Waals surface area (Å²) in [7, 11) is 2.17. The van der Waals surface area contributed by atoms with Crippen LogP contribution >= 0.6 is 0 Å². The molecule has 0 bridgehead atoms. The Hall–Kier alpha value is -1.82. The number of nitrogens with zero attached hydrogens (tertiary/aromatic N) is 4. The molecule has 1 spiro atoms. The van der Waals surface area contributed by atoms with E-state index in [4.69, 9.17) is 0 Å². The number of piperidine rings is 2. The summed E-state index contributed by atoms with van der Waals surface area (Å²) in [6.45, 7) is 6.97. The van der Waals surface area contributed by atoms with Gasteiger partial charge in [-0.3, -0.25) is 4.90 Å². The van der Waals surface area contributed by atoms with Gasteiger partial charge in [0.25, 0.3) is 0 Å². The largest absolute Gasteiger partial charge is 0.392 e. The molecule has 2 atom stereocenters. The second-order valence-corrected chi connectivity index (χ2v) is 8.45. The van der Waals surface area contributed by atoms with Gasteiger partial charge < -0.3 is 10.0 Å². The van der Waals surface area contributed by atoms with Crippen LogP contribution in [0.4, 0.5) is 0 Å². The highest BCUT2D eigenvalue weighted by molar-refractivity contribution is 5.59. The molecule has 144 valence electrons. The quantitative estimate of drug-likeness (QED) is 0.905. The van der Waals surface area contributed by atoms with Crippen molar-refractivity contribution in [1.82, 2.24) is 19.8 Å². The zero-order valence-electron chi connectivity index (χ0n) is 16.4.